The first-order chi connectivity index (χ1) is 10.2. The highest BCUT2D eigenvalue weighted by Gasteiger charge is 2.21. The van der Waals surface area contributed by atoms with Gasteiger partial charge in [-0.15, -0.1) is 0 Å². The van der Waals surface area contributed by atoms with Crippen LogP contribution in [0.25, 0.3) is 0 Å². The minimum Gasteiger partial charge on any atom is -0.493 e. The normalized spacial score (nSPS) is 15.3. The molecule has 1 aromatic rings. The van der Waals surface area contributed by atoms with E-state index in [-0.39, 0.29) is 5.91 Å². The summed E-state index contributed by atoms with van der Waals surface area (Å²) in [4.78, 5) is 14.5. The summed E-state index contributed by atoms with van der Waals surface area (Å²) >= 11 is 0. The molecular weight excluding hydrogens is 272 g/mol. The second kappa shape index (κ2) is 7.17. The zero-order valence-corrected chi connectivity index (χ0v) is 12.8. The largest absolute Gasteiger partial charge is 0.493 e. The van der Waals surface area contributed by atoms with Crippen molar-refractivity contribution in [2.45, 2.75) is 6.42 Å². The maximum absolute atomic E-state index is 12.6. The Morgan fingerprint density at radius 3 is 2.29 bits per heavy atom. The number of benzene rings is 1. The van der Waals surface area contributed by atoms with Gasteiger partial charge < -0.3 is 24.4 Å². The first-order valence-corrected chi connectivity index (χ1v) is 7.01. The summed E-state index contributed by atoms with van der Waals surface area (Å²) in [6.45, 7) is 3.22. The summed E-state index contributed by atoms with van der Waals surface area (Å²) in [7, 11) is 4.63. The lowest BCUT2D eigenvalue weighted by molar-refractivity contribution is 0.0765. The Kier molecular flexibility index (Phi) is 5.27. The number of rotatable bonds is 4. The molecule has 6 nitrogen and oxygen atoms in total. The van der Waals surface area contributed by atoms with Crippen molar-refractivity contribution in [1.29, 1.82) is 0 Å². The summed E-state index contributed by atoms with van der Waals surface area (Å²) in [5.41, 5.74) is 0.548. The van der Waals surface area contributed by atoms with Crippen molar-refractivity contribution in [3.05, 3.63) is 17.7 Å². The fraction of sp³-hybridized carbons (Fsp3) is 0.533. The van der Waals surface area contributed by atoms with Gasteiger partial charge in [0.2, 0.25) is 5.75 Å². The SMILES string of the molecule is COc1cc(C(=O)N2CCCNCC2)cc(OC)c1OC. The van der Waals surface area contributed by atoms with Gasteiger partial charge >= 0.3 is 0 Å². The molecule has 1 aliphatic heterocycles. The first kappa shape index (κ1) is 15.4. The van der Waals surface area contributed by atoms with Gasteiger partial charge in [0.15, 0.2) is 11.5 Å². The van der Waals surface area contributed by atoms with Crippen LogP contribution in [0.3, 0.4) is 0 Å². The molecule has 0 bridgehead atoms. The molecule has 1 aromatic carbocycles. The summed E-state index contributed by atoms with van der Waals surface area (Å²) in [5.74, 6) is 1.47. The number of carbonyl (C=O) groups is 1. The number of ether oxygens (including phenoxy) is 3. The van der Waals surface area contributed by atoms with Crippen LogP contribution in [-0.4, -0.2) is 58.3 Å². The fourth-order valence-corrected chi connectivity index (χ4v) is 2.44. The molecule has 21 heavy (non-hydrogen) atoms. The lowest BCUT2D eigenvalue weighted by Gasteiger charge is -2.21. The predicted molar refractivity (Wildman–Crippen MR) is 79.5 cm³/mol. The Labute approximate surface area is 125 Å². The van der Waals surface area contributed by atoms with Gasteiger partial charge in [0.25, 0.3) is 5.91 Å². The Morgan fingerprint density at radius 2 is 1.71 bits per heavy atom. The molecule has 116 valence electrons. The van der Waals surface area contributed by atoms with Crippen LogP contribution in [-0.2, 0) is 0 Å². The summed E-state index contributed by atoms with van der Waals surface area (Å²) in [6.07, 6.45) is 0.955. The molecule has 0 saturated carbocycles. The lowest BCUT2D eigenvalue weighted by atomic mass is 10.1. The second-order valence-electron chi connectivity index (χ2n) is 4.81. The highest BCUT2D eigenvalue weighted by atomic mass is 16.5. The van der Waals surface area contributed by atoms with E-state index in [9.17, 15) is 4.79 Å². The molecule has 1 saturated heterocycles. The quantitative estimate of drug-likeness (QED) is 0.902. The van der Waals surface area contributed by atoms with Crippen LogP contribution in [0.4, 0.5) is 0 Å². The first-order valence-electron chi connectivity index (χ1n) is 7.01. The van der Waals surface area contributed by atoms with Crippen molar-refractivity contribution >= 4 is 5.91 Å². The Balaban J connectivity index is 2.31. The van der Waals surface area contributed by atoms with Gasteiger partial charge in [0.1, 0.15) is 0 Å². The van der Waals surface area contributed by atoms with Crippen molar-refractivity contribution in [2.75, 3.05) is 47.5 Å². The molecule has 0 radical (unpaired) electrons. The zero-order chi connectivity index (χ0) is 15.2. The number of nitrogens with zero attached hydrogens (tertiary/aromatic N) is 1. The minimum absolute atomic E-state index is 0.0158. The molecule has 6 heteroatoms. The van der Waals surface area contributed by atoms with E-state index in [1.165, 1.54) is 0 Å². The Bertz CT molecular complexity index is 471. The molecule has 0 aromatic heterocycles. The van der Waals surface area contributed by atoms with Crippen molar-refractivity contribution in [2.24, 2.45) is 0 Å². The van der Waals surface area contributed by atoms with Crippen molar-refractivity contribution < 1.29 is 19.0 Å². The molecule has 0 spiro atoms. The van der Waals surface area contributed by atoms with E-state index < -0.39 is 0 Å². The monoisotopic (exact) mass is 294 g/mol. The molecule has 1 heterocycles. The third-order valence-electron chi connectivity index (χ3n) is 3.54. The van der Waals surface area contributed by atoms with Gasteiger partial charge in [0.05, 0.1) is 21.3 Å². The summed E-state index contributed by atoms with van der Waals surface area (Å²) < 4.78 is 15.9. The topological polar surface area (TPSA) is 60.0 Å². The predicted octanol–water partition coefficient (Wildman–Crippen LogP) is 1.15. The maximum Gasteiger partial charge on any atom is 0.254 e. The molecule has 2 rings (SSSR count). The van der Waals surface area contributed by atoms with E-state index in [0.29, 0.717) is 29.4 Å². The summed E-state index contributed by atoms with van der Waals surface area (Å²) in [5, 5.41) is 3.28. The van der Waals surface area contributed by atoms with Crippen LogP contribution in [0.2, 0.25) is 0 Å². The third kappa shape index (κ3) is 3.39. The average molecular weight is 294 g/mol. The number of hydrogen-bond donors (Lipinski definition) is 1. The smallest absolute Gasteiger partial charge is 0.254 e. The molecule has 1 fully saturated rings. The van der Waals surface area contributed by atoms with Gasteiger partial charge in [-0.3, -0.25) is 4.79 Å². The van der Waals surface area contributed by atoms with Crippen molar-refractivity contribution in [3.8, 4) is 17.2 Å². The summed E-state index contributed by atoms with van der Waals surface area (Å²) in [6, 6.07) is 3.39. The molecular formula is C15H22N2O4. The van der Waals surface area contributed by atoms with E-state index in [2.05, 4.69) is 5.32 Å². The van der Waals surface area contributed by atoms with Gasteiger partial charge in [-0.05, 0) is 25.1 Å². The minimum atomic E-state index is -0.0158. The Morgan fingerprint density at radius 1 is 1.05 bits per heavy atom. The van der Waals surface area contributed by atoms with E-state index >= 15 is 0 Å². The van der Waals surface area contributed by atoms with Crippen LogP contribution >= 0.6 is 0 Å². The van der Waals surface area contributed by atoms with E-state index in [0.717, 1.165) is 26.1 Å². The van der Waals surface area contributed by atoms with Gasteiger partial charge in [-0.25, -0.2) is 0 Å². The van der Waals surface area contributed by atoms with Crippen LogP contribution in [0, 0.1) is 0 Å². The highest BCUT2D eigenvalue weighted by molar-refractivity contribution is 5.95. The van der Waals surface area contributed by atoms with E-state index in [1.54, 1.807) is 33.5 Å². The van der Waals surface area contributed by atoms with E-state index in [1.807, 2.05) is 4.90 Å². The number of amides is 1. The van der Waals surface area contributed by atoms with Gasteiger partial charge in [-0.1, -0.05) is 0 Å². The Hall–Kier alpha value is -1.95. The zero-order valence-electron chi connectivity index (χ0n) is 12.8. The molecule has 1 aliphatic rings. The lowest BCUT2D eigenvalue weighted by Crippen LogP contribution is -2.34. The standard InChI is InChI=1S/C15H22N2O4/c1-19-12-9-11(10-13(20-2)14(12)21-3)15(18)17-7-4-5-16-6-8-17/h9-10,16H,4-8H2,1-3H3. The van der Waals surface area contributed by atoms with Crippen molar-refractivity contribution in [1.82, 2.24) is 10.2 Å². The number of nitrogens with one attached hydrogen (secondary N) is 1. The van der Waals surface area contributed by atoms with Crippen LogP contribution < -0.4 is 19.5 Å². The number of carbonyl (C=O) groups excluding carboxylic acids is 1. The van der Waals surface area contributed by atoms with E-state index in [4.69, 9.17) is 14.2 Å². The van der Waals surface area contributed by atoms with Crippen LogP contribution in [0.1, 0.15) is 16.8 Å². The molecule has 1 N–H and O–H groups in total. The molecule has 0 atom stereocenters. The molecule has 0 aliphatic carbocycles. The maximum atomic E-state index is 12.6. The third-order valence-corrected chi connectivity index (χ3v) is 3.54. The fourth-order valence-electron chi connectivity index (χ4n) is 2.44. The average Bonchev–Trinajstić information content (AvgIpc) is 2.81. The molecule has 0 unspecified atom stereocenters. The van der Waals surface area contributed by atoms with Crippen LogP contribution in [0.5, 0.6) is 17.2 Å². The number of hydrogen-bond acceptors (Lipinski definition) is 5. The highest BCUT2D eigenvalue weighted by Crippen LogP contribution is 2.38. The van der Waals surface area contributed by atoms with Crippen LogP contribution in [0.15, 0.2) is 12.1 Å². The molecule has 1 amide bonds. The van der Waals surface area contributed by atoms with Crippen molar-refractivity contribution in [3.63, 3.8) is 0 Å². The second-order valence-corrected chi connectivity index (χ2v) is 4.81. The van der Waals surface area contributed by atoms with Gasteiger partial charge in [0, 0.05) is 25.2 Å². The number of methoxy groups -OCH3 is 3. The van der Waals surface area contributed by atoms with Gasteiger partial charge in [-0.2, -0.15) is 0 Å².